The highest BCUT2D eigenvalue weighted by atomic mass is 15.1. The van der Waals surface area contributed by atoms with Crippen LogP contribution in [-0.4, -0.2) is 18.2 Å². The molecule has 1 aliphatic rings. The summed E-state index contributed by atoms with van der Waals surface area (Å²) in [5.41, 5.74) is 1.25. The van der Waals surface area contributed by atoms with E-state index in [0.29, 0.717) is 0 Å². The lowest BCUT2D eigenvalue weighted by Crippen LogP contribution is -2.12. The van der Waals surface area contributed by atoms with Crippen molar-refractivity contribution in [1.29, 1.82) is 0 Å². The van der Waals surface area contributed by atoms with Gasteiger partial charge in [-0.1, -0.05) is 12.2 Å². The zero-order valence-electron chi connectivity index (χ0n) is 6.70. The molecule has 0 N–H and O–H groups in total. The van der Waals surface area contributed by atoms with Crippen LogP contribution in [-0.2, 0) is 0 Å². The summed E-state index contributed by atoms with van der Waals surface area (Å²) in [5.74, 6) is 0. The predicted molar refractivity (Wildman–Crippen MR) is 48.3 cm³/mol. The lowest BCUT2D eigenvalue weighted by molar-refractivity contribution is 0.553. The van der Waals surface area contributed by atoms with Crippen LogP contribution in [0.3, 0.4) is 0 Å². The summed E-state index contributed by atoms with van der Waals surface area (Å²) in [4.78, 5) is 5.69. The van der Waals surface area contributed by atoms with Crippen LogP contribution in [0, 0.1) is 0 Å². The van der Waals surface area contributed by atoms with E-state index in [1.165, 1.54) is 5.57 Å². The highest BCUT2D eigenvalue weighted by Crippen LogP contribution is 2.06. The third kappa shape index (κ3) is 2.42. The molecular formula is C9H12N2. The van der Waals surface area contributed by atoms with E-state index >= 15 is 0 Å². The Morgan fingerprint density at radius 3 is 3.18 bits per heavy atom. The number of hydrogen-bond donors (Lipinski definition) is 0. The van der Waals surface area contributed by atoms with E-state index in [-0.39, 0.29) is 0 Å². The molecular weight excluding hydrogens is 136 g/mol. The number of allylic oxidation sites excluding steroid dienone is 2. The van der Waals surface area contributed by atoms with Gasteiger partial charge in [0.15, 0.2) is 0 Å². The molecule has 0 saturated carbocycles. The molecule has 0 aliphatic carbocycles. The van der Waals surface area contributed by atoms with Gasteiger partial charge in [0.1, 0.15) is 0 Å². The van der Waals surface area contributed by atoms with Crippen molar-refractivity contribution in [2.45, 2.75) is 6.92 Å². The van der Waals surface area contributed by atoms with E-state index in [2.05, 4.69) is 41.9 Å². The zero-order valence-corrected chi connectivity index (χ0v) is 6.70. The van der Waals surface area contributed by atoms with E-state index in [4.69, 9.17) is 0 Å². The van der Waals surface area contributed by atoms with Crippen LogP contribution >= 0.6 is 0 Å². The Kier molecular flexibility index (Phi) is 2.66. The van der Waals surface area contributed by atoms with Gasteiger partial charge in [-0.15, -0.1) is 0 Å². The third-order valence-corrected chi connectivity index (χ3v) is 1.43. The summed E-state index contributed by atoms with van der Waals surface area (Å²) in [6.07, 6.45) is 9.87. The lowest BCUT2D eigenvalue weighted by Gasteiger charge is -2.16. The minimum atomic E-state index is 0.920. The fraction of sp³-hybridized carbons (Fsp3) is 0.222. The van der Waals surface area contributed by atoms with E-state index in [1.54, 1.807) is 6.20 Å². The van der Waals surface area contributed by atoms with Gasteiger partial charge in [-0.2, -0.15) is 0 Å². The van der Waals surface area contributed by atoms with Gasteiger partial charge < -0.3 is 4.90 Å². The standard InChI is InChI=1S/C9H12N2/c1-9-4-3-6-11(8-9)7-5-10-2/h3-5,7-8H,2,6H2,1H3/b7-5-. The van der Waals surface area contributed by atoms with Crippen LogP contribution in [0.5, 0.6) is 0 Å². The second kappa shape index (κ2) is 3.76. The van der Waals surface area contributed by atoms with Crippen molar-refractivity contribution in [1.82, 2.24) is 4.90 Å². The maximum Gasteiger partial charge on any atom is 0.0423 e. The van der Waals surface area contributed by atoms with Crippen LogP contribution in [0.4, 0.5) is 0 Å². The van der Waals surface area contributed by atoms with Crippen molar-refractivity contribution in [3.63, 3.8) is 0 Å². The molecule has 0 atom stereocenters. The maximum atomic E-state index is 3.63. The van der Waals surface area contributed by atoms with Crippen molar-refractivity contribution in [3.8, 4) is 0 Å². The second-order valence-corrected chi connectivity index (χ2v) is 2.45. The first-order valence-electron chi connectivity index (χ1n) is 3.56. The van der Waals surface area contributed by atoms with E-state index in [1.807, 2.05) is 6.20 Å². The van der Waals surface area contributed by atoms with Crippen LogP contribution in [0.25, 0.3) is 0 Å². The van der Waals surface area contributed by atoms with Crippen LogP contribution in [0.15, 0.2) is 41.3 Å². The molecule has 0 aromatic heterocycles. The maximum absolute atomic E-state index is 3.63. The topological polar surface area (TPSA) is 15.6 Å². The number of rotatable bonds is 2. The Hall–Kier alpha value is -1.31. The summed E-state index contributed by atoms with van der Waals surface area (Å²) in [6, 6.07) is 0. The fourth-order valence-electron chi connectivity index (χ4n) is 0.954. The quantitative estimate of drug-likeness (QED) is 0.546. The molecule has 11 heavy (non-hydrogen) atoms. The van der Waals surface area contributed by atoms with Crippen molar-refractivity contribution < 1.29 is 0 Å². The molecule has 0 radical (unpaired) electrons. The summed E-state index contributed by atoms with van der Waals surface area (Å²) < 4.78 is 0. The molecule has 1 aliphatic heterocycles. The largest absolute Gasteiger partial charge is 0.349 e. The number of nitrogens with zero attached hydrogens (tertiary/aromatic N) is 2. The van der Waals surface area contributed by atoms with E-state index in [9.17, 15) is 0 Å². The molecule has 2 heteroatoms. The average molecular weight is 148 g/mol. The molecule has 0 amide bonds. The first-order valence-corrected chi connectivity index (χ1v) is 3.56. The summed E-state index contributed by atoms with van der Waals surface area (Å²) in [7, 11) is 0. The normalized spacial score (nSPS) is 17.2. The Morgan fingerprint density at radius 2 is 2.55 bits per heavy atom. The van der Waals surface area contributed by atoms with Crippen molar-refractivity contribution in [2.24, 2.45) is 4.99 Å². The smallest absolute Gasteiger partial charge is 0.0423 e. The van der Waals surface area contributed by atoms with Gasteiger partial charge in [0.2, 0.25) is 0 Å². The molecule has 0 aromatic rings. The molecule has 0 saturated heterocycles. The van der Waals surface area contributed by atoms with Crippen molar-refractivity contribution >= 4 is 6.72 Å². The third-order valence-electron chi connectivity index (χ3n) is 1.43. The van der Waals surface area contributed by atoms with Gasteiger partial charge in [0.05, 0.1) is 0 Å². The number of aliphatic imine (C=N–C) groups is 1. The van der Waals surface area contributed by atoms with Gasteiger partial charge >= 0.3 is 0 Å². The highest BCUT2D eigenvalue weighted by Gasteiger charge is 1.96. The van der Waals surface area contributed by atoms with Crippen LogP contribution in [0.1, 0.15) is 6.92 Å². The Labute approximate surface area is 67.2 Å². The fourth-order valence-corrected chi connectivity index (χ4v) is 0.954. The molecule has 0 aromatic carbocycles. The van der Waals surface area contributed by atoms with Gasteiger partial charge in [-0.25, -0.2) is 0 Å². The molecule has 0 fully saturated rings. The molecule has 58 valence electrons. The Balaban J connectivity index is 2.56. The Bertz CT molecular complexity index is 224. The molecule has 0 unspecified atom stereocenters. The predicted octanol–water partition coefficient (Wildman–Crippen LogP) is 1.93. The van der Waals surface area contributed by atoms with Crippen molar-refractivity contribution in [3.05, 3.63) is 36.3 Å². The van der Waals surface area contributed by atoms with Gasteiger partial charge in [0, 0.05) is 25.1 Å². The van der Waals surface area contributed by atoms with Crippen LogP contribution < -0.4 is 0 Å². The SMILES string of the molecule is C=N/C=C\N1C=C(C)C=CC1. The monoisotopic (exact) mass is 148 g/mol. The summed E-state index contributed by atoms with van der Waals surface area (Å²) in [6.45, 7) is 6.35. The molecule has 1 rings (SSSR count). The van der Waals surface area contributed by atoms with E-state index < -0.39 is 0 Å². The minimum Gasteiger partial charge on any atom is -0.349 e. The van der Waals surface area contributed by atoms with Gasteiger partial charge in [0.25, 0.3) is 0 Å². The van der Waals surface area contributed by atoms with Crippen LogP contribution in [0.2, 0.25) is 0 Å². The average Bonchev–Trinajstić information content (AvgIpc) is 2.01. The summed E-state index contributed by atoms with van der Waals surface area (Å²) in [5, 5.41) is 0. The molecule has 2 nitrogen and oxygen atoms in total. The first kappa shape index (κ1) is 7.79. The summed E-state index contributed by atoms with van der Waals surface area (Å²) >= 11 is 0. The second-order valence-electron chi connectivity index (χ2n) is 2.45. The highest BCUT2D eigenvalue weighted by molar-refractivity contribution is 5.26. The minimum absolute atomic E-state index is 0.920. The van der Waals surface area contributed by atoms with E-state index in [0.717, 1.165) is 6.54 Å². The first-order chi connectivity index (χ1) is 5.33. The van der Waals surface area contributed by atoms with Gasteiger partial charge in [-0.3, -0.25) is 4.99 Å². The van der Waals surface area contributed by atoms with Crippen molar-refractivity contribution in [2.75, 3.05) is 6.54 Å². The lowest BCUT2D eigenvalue weighted by atomic mass is 10.2. The number of hydrogen-bond acceptors (Lipinski definition) is 2. The molecule has 0 bridgehead atoms. The zero-order chi connectivity index (χ0) is 8.10. The molecule has 0 spiro atoms. The molecule has 1 heterocycles. The van der Waals surface area contributed by atoms with Gasteiger partial charge in [-0.05, 0) is 19.2 Å². The Morgan fingerprint density at radius 1 is 1.73 bits per heavy atom.